The molecule has 1 aromatic rings. The second-order valence-corrected chi connectivity index (χ2v) is 3.24. The molecule has 0 aliphatic carbocycles. The van der Waals surface area contributed by atoms with Crippen LogP contribution < -0.4 is 11.2 Å². The van der Waals surface area contributed by atoms with Crippen LogP contribution in [0.1, 0.15) is 5.69 Å². The van der Waals surface area contributed by atoms with Crippen LogP contribution >= 0.6 is 12.6 Å². The van der Waals surface area contributed by atoms with Crippen molar-refractivity contribution < 1.29 is 14.7 Å². The molecule has 0 aliphatic heterocycles. The van der Waals surface area contributed by atoms with Crippen molar-refractivity contribution in [3.8, 4) is 0 Å². The van der Waals surface area contributed by atoms with Crippen LogP contribution in [0, 0.1) is 0 Å². The number of carbonyl (C=O) groups is 2. The fourth-order valence-corrected chi connectivity index (χ4v) is 1.07. The normalized spacial score (nSPS) is 12.1. The van der Waals surface area contributed by atoms with Crippen molar-refractivity contribution in [3.63, 3.8) is 0 Å². The highest BCUT2D eigenvalue weighted by Gasteiger charge is 2.13. The average Bonchev–Trinajstić information content (AvgIpc) is 2.51. The predicted octanol–water partition coefficient (Wildman–Crippen LogP) is -0.569. The van der Waals surface area contributed by atoms with Crippen molar-refractivity contribution in [1.29, 1.82) is 0 Å². The molecule has 1 heterocycles. The van der Waals surface area contributed by atoms with Crippen LogP contribution in [-0.4, -0.2) is 32.0 Å². The number of rotatable bonds is 4. The molecule has 0 aliphatic rings. The highest BCUT2D eigenvalue weighted by molar-refractivity contribution is 7.96. The third kappa shape index (κ3) is 3.60. The van der Waals surface area contributed by atoms with Crippen molar-refractivity contribution in [2.45, 2.75) is 12.5 Å². The van der Waals surface area contributed by atoms with Gasteiger partial charge >= 0.3 is 5.97 Å². The Labute approximate surface area is 90.7 Å². The Hall–Kier alpha value is -1.54. The molecule has 7 nitrogen and oxygen atoms in total. The zero-order valence-electron chi connectivity index (χ0n) is 7.62. The van der Waals surface area contributed by atoms with Gasteiger partial charge in [-0.15, -0.1) is 0 Å². The van der Waals surface area contributed by atoms with Crippen molar-refractivity contribution in [2.75, 3.05) is 5.43 Å². The summed E-state index contributed by atoms with van der Waals surface area (Å²) in [6.07, 6.45) is 2.90. The number of carbonyl (C=O) groups excluding carboxylic acids is 1. The summed E-state index contributed by atoms with van der Waals surface area (Å²) in [4.78, 5) is 24.8. The minimum Gasteiger partial charge on any atom is -0.480 e. The lowest BCUT2D eigenvalue weighted by atomic mass is 10.2. The molecule has 82 valence electrons. The number of nitrogens with two attached hydrogens (primary N) is 1. The molecule has 0 spiro atoms. The van der Waals surface area contributed by atoms with Gasteiger partial charge in [0.2, 0.25) is 0 Å². The fourth-order valence-electron chi connectivity index (χ4n) is 0.953. The van der Waals surface area contributed by atoms with Crippen LogP contribution in [-0.2, 0) is 11.2 Å². The molecule has 0 fully saturated rings. The van der Waals surface area contributed by atoms with E-state index in [9.17, 15) is 9.59 Å². The monoisotopic (exact) mass is 230 g/mol. The van der Waals surface area contributed by atoms with E-state index >= 15 is 0 Å². The van der Waals surface area contributed by atoms with Gasteiger partial charge in [0.1, 0.15) is 12.4 Å². The molecule has 0 saturated carbocycles. The van der Waals surface area contributed by atoms with Crippen LogP contribution in [0.15, 0.2) is 12.5 Å². The predicted molar refractivity (Wildman–Crippen MR) is 55.3 cm³/mol. The molecule has 4 N–H and O–H groups in total. The minimum absolute atomic E-state index is 0.102. The first-order valence-corrected chi connectivity index (χ1v) is 4.45. The Morgan fingerprint density at radius 2 is 2.40 bits per heavy atom. The van der Waals surface area contributed by atoms with Gasteiger partial charge in [-0.25, -0.2) is 9.66 Å². The van der Waals surface area contributed by atoms with E-state index < -0.39 is 17.3 Å². The van der Waals surface area contributed by atoms with E-state index in [1.54, 1.807) is 0 Å². The van der Waals surface area contributed by atoms with Gasteiger partial charge in [0.15, 0.2) is 0 Å². The molecule has 0 saturated heterocycles. The summed E-state index contributed by atoms with van der Waals surface area (Å²) >= 11 is 3.50. The first-order valence-electron chi connectivity index (χ1n) is 4.00. The second kappa shape index (κ2) is 4.80. The van der Waals surface area contributed by atoms with Gasteiger partial charge in [0, 0.05) is 12.6 Å². The van der Waals surface area contributed by atoms with E-state index in [1.165, 1.54) is 17.2 Å². The van der Waals surface area contributed by atoms with Gasteiger partial charge in [0.05, 0.1) is 5.69 Å². The molecule has 1 amide bonds. The molecule has 1 atom stereocenters. The standard InChI is InChI=1S/C7H10N4O3S/c8-5(6(12)13)1-4-2-11(3-9-4)10-7(14)15/h2-3,5H,1,8H2,(H,12,13)(H2,10,14,15)/t5-/m0/s1. The number of carboxylic acids is 1. The minimum atomic E-state index is -1.09. The number of carboxylic acid groups (broad SMARTS) is 1. The quantitative estimate of drug-likeness (QED) is 0.518. The molecular formula is C7H10N4O3S. The van der Waals surface area contributed by atoms with E-state index in [4.69, 9.17) is 10.8 Å². The number of aliphatic carboxylic acids is 1. The summed E-state index contributed by atoms with van der Waals surface area (Å²) in [6.45, 7) is 0. The number of nitrogens with one attached hydrogen (secondary N) is 1. The fraction of sp³-hybridized carbons (Fsp3) is 0.286. The Bertz CT molecular complexity index is 378. The summed E-state index contributed by atoms with van der Waals surface area (Å²) in [5.41, 5.74) is 8.11. The number of thiol groups is 1. The van der Waals surface area contributed by atoms with Crippen LogP contribution in [0.3, 0.4) is 0 Å². The molecule has 15 heavy (non-hydrogen) atoms. The zero-order chi connectivity index (χ0) is 11.4. The Kier molecular flexibility index (Phi) is 3.69. The average molecular weight is 230 g/mol. The van der Waals surface area contributed by atoms with Gasteiger partial charge in [-0.2, -0.15) is 0 Å². The van der Waals surface area contributed by atoms with Crippen molar-refractivity contribution >= 4 is 23.8 Å². The molecule has 8 heteroatoms. The van der Waals surface area contributed by atoms with Gasteiger partial charge in [-0.1, -0.05) is 12.6 Å². The smallest absolute Gasteiger partial charge is 0.320 e. The van der Waals surface area contributed by atoms with E-state index in [0.717, 1.165) is 0 Å². The number of hydrogen-bond acceptors (Lipinski definition) is 4. The van der Waals surface area contributed by atoms with E-state index in [2.05, 4.69) is 23.0 Å². The Balaban J connectivity index is 2.60. The van der Waals surface area contributed by atoms with Gasteiger partial charge in [-0.05, 0) is 0 Å². The third-order valence-electron chi connectivity index (χ3n) is 1.61. The van der Waals surface area contributed by atoms with E-state index in [1.807, 2.05) is 0 Å². The highest BCUT2D eigenvalue weighted by Crippen LogP contribution is 1.99. The molecular weight excluding hydrogens is 220 g/mol. The van der Waals surface area contributed by atoms with Crippen molar-refractivity contribution in [1.82, 2.24) is 9.66 Å². The lowest BCUT2D eigenvalue weighted by Gasteiger charge is -2.02. The van der Waals surface area contributed by atoms with Crippen LogP contribution in [0.5, 0.6) is 0 Å². The maximum absolute atomic E-state index is 10.5. The van der Waals surface area contributed by atoms with Crippen molar-refractivity contribution in [3.05, 3.63) is 18.2 Å². The van der Waals surface area contributed by atoms with Gasteiger partial charge in [-0.3, -0.25) is 15.0 Å². The largest absolute Gasteiger partial charge is 0.480 e. The lowest BCUT2D eigenvalue weighted by molar-refractivity contribution is -0.138. The topological polar surface area (TPSA) is 110 Å². The van der Waals surface area contributed by atoms with E-state index in [0.29, 0.717) is 5.69 Å². The van der Waals surface area contributed by atoms with Crippen molar-refractivity contribution in [2.24, 2.45) is 5.73 Å². The maximum Gasteiger partial charge on any atom is 0.320 e. The summed E-state index contributed by atoms with van der Waals surface area (Å²) in [6, 6.07) is -1.000. The number of imidazole rings is 1. The summed E-state index contributed by atoms with van der Waals surface area (Å²) < 4.78 is 1.28. The Morgan fingerprint density at radius 3 is 2.93 bits per heavy atom. The highest BCUT2D eigenvalue weighted by atomic mass is 32.1. The number of aromatic nitrogens is 2. The van der Waals surface area contributed by atoms with Crippen LogP contribution in [0.2, 0.25) is 0 Å². The molecule has 1 aromatic heterocycles. The molecule has 0 bridgehead atoms. The number of amides is 1. The Morgan fingerprint density at radius 1 is 1.73 bits per heavy atom. The molecule has 0 aromatic carbocycles. The first-order chi connectivity index (χ1) is 6.99. The maximum atomic E-state index is 10.5. The van der Waals surface area contributed by atoms with Crippen LogP contribution in [0.4, 0.5) is 4.79 Å². The third-order valence-corrected chi connectivity index (χ3v) is 1.71. The van der Waals surface area contributed by atoms with Gasteiger partial charge < -0.3 is 10.8 Å². The lowest BCUT2D eigenvalue weighted by Crippen LogP contribution is -2.32. The number of nitrogens with zero attached hydrogens (tertiary/aromatic N) is 2. The summed E-state index contributed by atoms with van der Waals surface area (Å²) in [5.74, 6) is -1.09. The van der Waals surface area contributed by atoms with Crippen LogP contribution in [0.25, 0.3) is 0 Å². The molecule has 1 rings (SSSR count). The summed E-state index contributed by atoms with van der Waals surface area (Å²) in [7, 11) is 0. The molecule has 0 radical (unpaired) electrons. The van der Waals surface area contributed by atoms with E-state index in [-0.39, 0.29) is 6.42 Å². The second-order valence-electron chi connectivity index (χ2n) is 2.84. The van der Waals surface area contributed by atoms with Gasteiger partial charge in [0.25, 0.3) is 5.24 Å². The first kappa shape index (κ1) is 11.5. The SMILES string of the molecule is N[C@@H](Cc1cn(NC(=O)S)cn1)C(=O)O. The number of hydrogen-bond donors (Lipinski definition) is 4. The summed E-state index contributed by atoms with van der Waals surface area (Å²) in [5, 5.41) is 8.01. The molecule has 0 unspecified atom stereocenters. The zero-order valence-corrected chi connectivity index (χ0v) is 8.52.